The monoisotopic (exact) mass is 589 g/mol. The summed E-state index contributed by atoms with van der Waals surface area (Å²) in [6.07, 6.45) is 5.16. The minimum atomic E-state index is -0.827. The largest absolute Gasteiger partial charge is 0.334 e. The number of carbonyl (C=O) groups is 3. The summed E-state index contributed by atoms with van der Waals surface area (Å²) in [5.74, 6) is 2.07. The molecule has 2 fully saturated rings. The molecule has 1 N–H and O–H groups in total. The lowest BCUT2D eigenvalue weighted by atomic mass is 9.98. The molecule has 3 aromatic carbocycles. The second-order valence-corrected chi connectivity index (χ2v) is 10.8. The number of rotatable bonds is 7. The predicted octanol–water partition coefficient (Wildman–Crippen LogP) is 4.18. The van der Waals surface area contributed by atoms with Crippen LogP contribution in [-0.4, -0.2) is 69.5 Å². The van der Waals surface area contributed by atoms with Crippen molar-refractivity contribution in [2.75, 3.05) is 19.6 Å². The van der Waals surface area contributed by atoms with Crippen LogP contribution in [0, 0.1) is 12.3 Å². The zero-order valence-electron chi connectivity index (χ0n) is 22.2. The minimum absolute atomic E-state index is 0.0507. The molecule has 8 nitrogen and oxygen atoms in total. The van der Waals surface area contributed by atoms with E-state index in [0.717, 1.165) is 11.1 Å². The fourth-order valence-electron chi connectivity index (χ4n) is 5.33. The topological polar surface area (TPSA) is 76.2 Å². The van der Waals surface area contributed by atoms with Crippen molar-refractivity contribution in [3.63, 3.8) is 0 Å². The van der Waals surface area contributed by atoms with E-state index in [9.17, 15) is 14.4 Å². The lowest BCUT2D eigenvalue weighted by Gasteiger charge is -2.55. The first-order valence-corrected chi connectivity index (χ1v) is 14.0. The third-order valence-electron chi connectivity index (χ3n) is 7.25. The van der Waals surface area contributed by atoms with Crippen molar-refractivity contribution in [2.24, 2.45) is 0 Å². The SMILES string of the molecule is C#CCN1CC(=O)N2[C@@H](Cc3ccccc3)C(=O)N(Cc3ccc(Cl)cc3Cl)C[C@@H]2N1C(=O)NCc1ccccc1. The molecule has 0 saturated carbocycles. The van der Waals surface area contributed by atoms with Gasteiger partial charge in [0, 0.05) is 29.6 Å². The Labute approximate surface area is 249 Å². The molecule has 5 rings (SSSR count). The van der Waals surface area contributed by atoms with Gasteiger partial charge in [-0.15, -0.1) is 6.42 Å². The molecule has 10 heteroatoms. The van der Waals surface area contributed by atoms with Crippen LogP contribution in [0.25, 0.3) is 0 Å². The number of nitrogens with zero attached hydrogens (tertiary/aromatic N) is 4. The van der Waals surface area contributed by atoms with Crippen molar-refractivity contribution in [3.05, 3.63) is 106 Å². The number of carbonyl (C=O) groups excluding carboxylic acids is 3. The van der Waals surface area contributed by atoms with Gasteiger partial charge in [0.2, 0.25) is 11.8 Å². The van der Waals surface area contributed by atoms with E-state index in [4.69, 9.17) is 29.6 Å². The molecule has 3 aromatic rings. The summed E-state index contributed by atoms with van der Waals surface area (Å²) in [7, 11) is 0. The number of hydrogen-bond donors (Lipinski definition) is 1. The normalized spacial score (nSPS) is 19.1. The number of nitrogens with one attached hydrogen (secondary N) is 1. The lowest BCUT2D eigenvalue weighted by molar-refractivity contribution is -0.189. The van der Waals surface area contributed by atoms with Crippen LogP contribution < -0.4 is 5.32 Å². The van der Waals surface area contributed by atoms with Gasteiger partial charge in [0.1, 0.15) is 12.2 Å². The molecular weight excluding hydrogens is 561 g/mol. The first kappa shape index (κ1) is 28.5. The van der Waals surface area contributed by atoms with Crippen LogP contribution in [0.5, 0.6) is 0 Å². The Morgan fingerprint density at radius 3 is 2.32 bits per heavy atom. The Kier molecular flexibility index (Phi) is 8.79. The highest BCUT2D eigenvalue weighted by atomic mass is 35.5. The maximum Gasteiger partial charge on any atom is 0.334 e. The Balaban J connectivity index is 1.50. The van der Waals surface area contributed by atoms with Crippen molar-refractivity contribution in [2.45, 2.75) is 31.7 Å². The smallest absolute Gasteiger partial charge is 0.333 e. The van der Waals surface area contributed by atoms with Gasteiger partial charge in [-0.3, -0.25) is 9.59 Å². The molecule has 0 aliphatic carbocycles. The summed E-state index contributed by atoms with van der Waals surface area (Å²) in [5.41, 5.74) is 2.53. The highest BCUT2D eigenvalue weighted by Gasteiger charge is 2.51. The summed E-state index contributed by atoms with van der Waals surface area (Å²) in [6.45, 7) is 0.481. The number of hydrazine groups is 1. The van der Waals surface area contributed by atoms with Gasteiger partial charge in [-0.1, -0.05) is 95.9 Å². The van der Waals surface area contributed by atoms with E-state index in [0.29, 0.717) is 22.0 Å². The molecule has 0 aromatic heterocycles. The number of halogens is 2. The van der Waals surface area contributed by atoms with E-state index >= 15 is 0 Å². The van der Waals surface area contributed by atoms with Gasteiger partial charge in [-0.25, -0.2) is 9.80 Å². The molecule has 210 valence electrons. The predicted molar refractivity (Wildman–Crippen MR) is 157 cm³/mol. The van der Waals surface area contributed by atoms with Crippen LogP contribution in [0.1, 0.15) is 16.7 Å². The molecule has 0 bridgehead atoms. The van der Waals surface area contributed by atoms with Gasteiger partial charge in [0.25, 0.3) is 0 Å². The zero-order chi connectivity index (χ0) is 28.9. The number of terminal acetylenes is 1. The average molecular weight is 591 g/mol. The summed E-state index contributed by atoms with van der Waals surface area (Å²) >= 11 is 12.6. The van der Waals surface area contributed by atoms with Crippen LogP contribution >= 0.6 is 23.2 Å². The maximum absolute atomic E-state index is 14.0. The summed E-state index contributed by atoms with van der Waals surface area (Å²) in [4.78, 5) is 44.6. The third kappa shape index (κ3) is 6.33. The van der Waals surface area contributed by atoms with Crippen LogP contribution in [0.15, 0.2) is 78.9 Å². The second-order valence-electron chi connectivity index (χ2n) is 9.96. The molecule has 0 unspecified atom stereocenters. The fraction of sp³-hybridized carbons (Fsp3) is 0.258. The van der Waals surface area contributed by atoms with Gasteiger partial charge in [0.15, 0.2) is 0 Å². The van der Waals surface area contributed by atoms with Crippen LogP contribution in [0.2, 0.25) is 10.0 Å². The highest BCUT2D eigenvalue weighted by Crippen LogP contribution is 2.30. The van der Waals surface area contributed by atoms with Gasteiger partial charge >= 0.3 is 6.03 Å². The van der Waals surface area contributed by atoms with Gasteiger partial charge in [0.05, 0.1) is 19.6 Å². The Bertz CT molecular complexity index is 1460. The van der Waals surface area contributed by atoms with Gasteiger partial charge < -0.3 is 15.1 Å². The number of benzene rings is 3. The van der Waals surface area contributed by atoms with E-state index in [1.165, 1.54) is 5.01 Å². The zero-order valence-corrected chi connectivity index (χ0v) is 23.8. The molecule has 41 heavy (non-hydrogen) atoms. The molecule has 2 aliphatic heterocycles. The van der Waals surface area contributed by atoms with E-state index in [-0.39, 0.29) is 44.5 Å². The van der Waals surface area contributed by atoms with E-state index < -0.39 is 18.2 Å². The van der Waals surface area contributed by atoms with Gasteiger partial charge in [-0.05, 0) is 28.8 Å². The number of fused-ring (bicyclic) bond motifs is 1. The molecule has 2 aliphatic rings. The van der Waals surface area contributed by atoms with Crippen LogP contribution in [0.4, 0.5) is 4.79 Å². The van der Waals surface area contributed by atoms with E-state index in [1.54, 1.807) is 33.0 Å². The minimum Gasteiger partial charge on any atom is -0.333 e. The average Bonchev–Trinajstić information content (AvgIpc) is 2.96. The standard InChI is InChI=1S/C31H29Cl2N5O3/c1-2-15-36-21-29(39)37-27(16-22-9-5-3-6-10-22)30(40)35(19-24-13-14-25(32)17-26(24)33)20-28(37)38(36)31(41)34-18-23-11-7-4-8-12-23/h1,3-14,17,27-28H,15-16,18-21H2,(H,34,41)/t27-,28-/m0/s1. The first-order valence-electron chi connectivity index (χ1n) is 13.2. The number of hydrogen-bond acceptors (Lipinski definition) is 4. The molecule has 2 saturated heterocycles. The molecule has 2 heterocycles. The van der Waals surface area contributed by atoms with E-state index in [1.807, 2.05) is 60.7 Å². The maximum atomic E-state index is 14.0. The molecule has 0 radical (unpaired) electrons. The van der Waals surface area contributed by atoms with Crippen molar-refractivity contribution >= 4 is 41.0 Å². The van der Waals surface area contributed by atoms with Crippen molar-refractivity contribution in [3.8, 4) is 12.3 Å². The Hall–Kier alpha value is -4.03. The fourth-order valence-corrected chi connectivity index (χ4v) is 5.80. The Morgan fingerprint density at radius 1 is 0.976 bits per heavy atom. The van der Waals surface area contributed by atoms with Crippen molar-refractivity contribution < 1.29 is 14.4 Å². The first-order chi connectivity index (χ1) is 19.9. The van der Waals surface area contributed by atoms with E-state index in [2.05, 4.69) is 11.2 Å². The summed E-state index contributed by atoms with van der Waals surface area (Å²) < 4.78 is 0. The lowest BCUT2D eigenvalue weighted by Crippen LogP contribution is -2.76. The van der Waals surface area contributed by atoms with Crippen molar-refractivity contribution in [1.82, 2.24) is 25.1 Å². The van der Waals surface area contributed by atoms with Crippen LogP contribution in [-0.2, 0) is 29.1 Å². The molecular formula is C31H29Cl2N5O3. The number of urea groups is 1. The quantitative estimate of drug-likeness (QED) is 0.420. The highest BCUT2D eigenvalue weighted by molar-refractivity contribution is 6.35. The summed E-state index contributed by atoms with van der Waals surface area (Å²) in [5, 5.41) is 6.93. The molecule has 4 amide bonds. The second kappa shape index (κ2) is 12.6. The van der Waals surface area contributed by atoms with Gasteiger partial charge in [-0.2, -0.15) is 5.01 Å². The van der Waals surface area contributed by atoms with Crippen LogP contribution in [0.3, 0.4) is 0 Å². The molecule has 0 spiro atoms. The third-order valence-corrected chi connectivity index (χ3v) is 7.83. The molecule has 2 atom stereocenters. The number of amides is 4. The Morgan fingerprint density at radius 2 is 1.66 bits per heavy atom. The number of piperazine rings is 1. The van der Waals surface area contributed by atoms with Crippen molar-refractivity contribution in [1.29, 1.82) is 0 Å². The summed E-state index contributed by atoms with van der Waals surface area (Å²) in [6, 6.07) is 22.9.